The third-order valence-electron chi connectivity index (χ3n) is 3.62. The van der Waals surface area contributed by atoms with Crippen LogP contribution in [-0.2, 0) is 9.59 Å². The molecule has 0 unspecified atom stereocenters. The number of amides is 2. The van der Waals surface area contributed by atoms with Crippen molar-refractivity contribution in [1.29, 1.82) is 0 Å². The Morgan fingerprint density at radius 2 is 1.44 bits per heavy atom. The number of benzene rings is 2. The van der Waals surface area contributed by atoms with Gasteiger partial charge in [-0.2, -0.15) is 0 Å². The molecule has 0 saturated heterocycles. The summed E-state index contributed by atoms with van der Waals surface area (Å²) in [6.07, 6.45) is 2.12. The summed E-state index contributed by atoms with van der Waals surface area (Å²) in [5, 5.41) is 5.47. The van der Waals surface area contributed by atoms with Gasteiger partial charge in [-0.1, -0.05) is 36.4 Å². The van der Waals surface area contributed by atoms with Gasteiger partial charge in [0.1, 0.15) is 0 Å². The minimum atomic E-state index is -0.161. The summed E-state index contributed by atoms with van der Waals surface area (Å²) < 4.78 is 0. The molecule has 0 bridgehead atoms. The van der Waals surface area contributed by atoms with Gasteiger partial charge in [-0.15, -0.1) is 0 Å². The number of carbonyl (C=O) groups is 3. The van der Waals surface area contributed by atoms with Crippen LogP contribution in [0, 0.1) is 0 Å². The molecular weight excluding hydrogens is 316 g/mol. The second-order valence-electron chi connectivity index (χ2n) is 5.81. The van der Waals surface area contributed by atoms with Crippen LogP contribution in [0.5, 0.6) is 0 Å². The van der Waals surface area contributed by atoms with Crippen LogP contribution in [0.4, 0.5) is 11.4 Å². The Hall–Kier alpha value is -2.95. The smallest absolute Gasteiger partial charge is 0.224 e. The number of hydrogen-bond donors (Lipinski definition) is 2. The van der Waals surface area contributed by atoms with Gasteiger partial charge >= 0.3 is 0 Å². The second kappa shape index (κ2) is 9.37. The van der Waals surface area contributed by atoms with Crippen LogP contribution in [0.15, 0.2) is 54.6 Å². The molecule has 0 heterocycles. The minimum absolute atomic E-state index is 0.101. The lowest BCUT2D eigenvalue weighted by molar-refractivity contribution is -0.116. The van der Waals surface area contributed by atoms with E-state index in [0.29, 0.717) is 42.6 Å². The largest absolute Gasteiger partial charge is 0.326 e. The lowest BCUT2D eigenvalue weighted by atomic mass is 10.0. The van der Waals surface area contributed by atoms with Crippen LogP contribution in [-0.4, -0.2) is 17.6 Å². The van der Waals surface area contributed by atoms with Crippen molar-refractivity contribution in [3.63, 3.8) is 0 Å². The molecule has 0 aliphatic heterocycles. The van der Waals surface area contributed by atoms with E-state index >= 15 is 0 Å². The van der Waals surface area contributed by atoms with Crippen molar-refractivity contribution in [2.75, 3.05) is 10.6 Å². The van der Waals surface area contributed by atoms with Crippen molar-refractivity contribution in [2.24, 2.45) is 0 Å². The molecule has 0 spiro atoms. The number of nitrogens with one attached hydrogen (secondary N) is 2. The molecule has 0 aromatic heterocycles. The van der Waals surface area contributed by atoms with Gasteiger partial charge in [-0.3, -0.25) is 14.4 Å². The van der Waals surface area contributed by atoms with Gasteiger partial charge in [0.2, 0.25) is 11.8 Å². The fourth-order valence-corrected chi connectivity index (χ4v) is 2.44. The fraction of sp³-hybridized carbons (Fsp3) is 0.250. The first kappa shape index (κ1) is 18.4. The normalized spacial score (nSPS) is 10.1. The predicted octanol–water partition coefficient (Wildman–Crippen LogP) is 4.03. The van der Waals surface area contributed by atoms with Crippen molar-refractivity contribution < 1.29 is 14.4 Å². The summed E-state index contributed by atoms with van der Waals surface area (Å²) in [4.78, 5) is 35.0. The third-order valence-corrected chi connectivity index (χ3v) is 3.62. The molecule has 2 aromatic carbocycles. The van der Waals surface area contributed by atoms with E-state index in [-0.39, 0.29) is 17.6 Å². The van der Waals surface area contributed by atoms with Gasteiger partial charge in [-0.05, 0) is 31.0 Å². The van der Waals surface area contributed by atoms with Crippen LogP contribution in [0.25, 0.3) is 0 Å². The van der Waals surface area contributed by atoms with Crippen LogP contribution in [0.2, 0.25) is 0 Å². The Labute approximate surface area is 147 Å². The fourth-order valence-electron chi connectivity index (χ4n) is 2.44. The molecule has 130 valence electrons. The molecule has 2 rings (SSSR count). The summed E-state index contributed by atoms with van der Waals surface area (Å²) in [6.45, 7) is 1.43. The molecule has 2 N–H and O–H groups in total. The van der Waals surface area contributed by atoms with Crippen LogP contribution < -0.4 is 10.6 Å². The van der Waals surface area contributed by atoms with E-state index in [2.05, 4.69) is 10.6 Å². The first-order valence-electron chi connectivity index (χ1n) is 8.30. The van der Waals surface area contributed by atoms with Crippen molar-refractivity contribution >= 4 is 29.0 Å². The van der Waals surface area contributed by atoms with Crippen molar-refractivity contribution in [2.45, 2.75) is 32.6 Å². The Morgan fingerprint density at radius 3 is 2.12 bits per heavy atom. The molecule has 2 aromatic rings. The lowest BCUT2D eigenvalue weighted by Gasteiger charge is -2.08. The van der Waals surface area contributed by atoms with Crippen molar-refractivity contribution in [3.8, 4) is 0 Å². The number of ketones is 1. The maximum Gasteiger partial charge on any atom is 0.224 e. The Morgan fingerprint density at radius 1 is 0.800 bits per heavy atom. The number of Topliss-reactive ketones (excluding diaryl/α,β-unsaturated/α-hetero) is 1. The molecule has 0 saturated carbocycles. The summed E-state index contributed by atoms with van der Waals surface area (Å²) >= 11 is 0. The highest BCUT2D eigenvalue weighted by Gasteiger charge is 2.07. The van der Waals surface area contributed by atoms with Gasteiger partial charge in [0, 0.05) is 36.7 Å². The number of carbonyl (C=O) groups excluding carboxylic acids is 3. The molecule has 0 atom stereocenters. The first-order chi connectivity index (χ1) is 12.0. The molecule has 25 heavy (non-hydrogen) atoms. The van der Waals surface area contributed by atoms with Crippen LogP contribution in [0.1, 0.15) is 43.0 Å². The van der Waals surface area contributed by atoms with E-state index in [9.17, 15) is 14.4 Å². The Balaban J connectivity index is 1.72. The van der Waals surface area contributed by atoms with E-state index in [1.165, 1.54) is 6.92 Å². The van der Waals surface area contributed by atoms with E-state index in [4.69, 9.17) is 0 Å². The highest BCUT2D eigenvalue weighted by molar-refractivity contribution is 5.96. The Kier molecular flexibility index (Phi) is 6.89. The van der Waals surface area contributed by atoms with E-state index < -0.39 is 0 Å². The topological polar surface area (TPSA) is 75.3 Å². The summed E-state index contributed by atoms with van der Waals surface area (Å²) in [6, 6.07) is 16.2. The van der Waals surface area contributed by atoms with Crippen molar-refractivity contribution in [1.82, 2.24) is 0 Å². The van der Waals surface area contributed by atoms with Gasteiger partial charge in [-0.25, -0.2) is 0 Å². The molecule has 0 fully saturated rings. The van der Waals surface area contributed by atoms with E-state index in [1.54, 1.807) is 36.4 Å². The average Bonchev–Trinajstić information content (AvgIpc) is 2.59. The van der Waals surface area contributed by atoms with E-state index in [0.717, 1.165) is 0 Å². The number of anilines is 2. The Bertz CT molecular complexity index is 742. The second-order valence-corrected chi connectivity index (χ2v) is 5.81. The van der Waals surface area contributed by atoms with Gasteiger partial charge in [0.15, 0.2) is 5.78 Å². The predicted molar refractivity (Wildman–Crippen MR) is 98.6 cm³/mol. The maximum absolute atomic E-state index is 12.0. The monoisotopic (exact) mass is 338 g/mol. The van der Waals surface area contributed by atoms with Crippen LogP contribution in [0.3, 0.4) is 0 Å². The molecule has 5 heteroatoms. The molecule has 0 radical (unpaired) electrons. The summed E-state index contributed by atoms with van der Waals surface area (Å²) in [7, 11) is 0. The van der Waals surface area contributed by atoms with Crippen molar-refractivity contribution in [3.05, 3.63) is 60.2 Å². The SMILES string of the molecule is CC(=O)Nc1cccc(NC(=O)CCCCC(=O)c2ccccc2)c1. The number of hydrogen-bond acceptors (Lipinski definition) is 3. The zero-order valence-electron chi connectivity index (χ0n) is 14.2. The van der Waals surface area contributed by atoms with E-state index in [1.807, 2.05) is 18.2 Å². The zero-order chi connectivity index (χ0) is 18.1. The molecule has 2 amide bonds. The average molecular weight is 338 g/mol. The lowest BCUT2D eigenvalue weighted by Crippen LogP contribution is -2.12. The maximum atomic E-state index is 12.0. The molecular formula is C20H22N2O3. The van der Waals surface area contributed by atoms with Gasteiger partial charge < -0.3 is 10.6 Å². The number of unbranched alkanes of at least 4 members (excludes halogenated alkanes) is 1. The minimum Gasteiger partial charge on any atom is -0.326 e. The summed E-state index contributed by atoms with van der Waals surface area (Å²) in [5.74, 6) is -0.164. The zero-order valence-corrected chi connectivity index (χ0v) is 14.2. The first-order valence-corrected chi connectivity index (χ1v) is 8.30. The van der Waals surface area contributed by atoms with Crippen LogP contribution >= 0.6 is 0 Å². The summed E-state index contributed by atoms with van der Waals surface area (Å²) in [5.41, 5.74) is 1.98. The third kappa shape index (κ3) is 6.59. The molecule has 0 aliphatic carbocycles. The molecule has 5 nitrogen and oxygen atoms in total. The molecule has 0 aliphatic rings. The number of rotatable bonds is 8. The van der Waals surface area contributed by atoms with Gasteiger partial charge in [0.25, 0.3) is 0 Å². The highest BCUT2D eigenvalue weighted by Crippen LogP contribution is 2.16. The quantitative estimate of drug-likeness (QED) is 0.564. The highest BCUT2D eigenvalue weighted by atomic mass is 16.2. The van der Waals surface area contributed by atoms with Gasteiger partial charge in [0.05, 0.1) is 0 Å². The standard InChI is InChI=1S/C20H22N2O3/c1-15(23)21-17-10-7-11-18(14-17)22-20(25)13-6-5-12-19(24)16-8-3-2-4-9-16/h2-4,7-11,14H,5-6,12-13H2,1H3,(H,21,23)(H,22,25).